The Morgan fingerprint density at radius 2 is 2.05 bits per heavy atom. The largest absolute Gasteiger partial charge is 0.299 e. The van der Waals surface area contributed by atoms with Crippen molar-refractivity contribution in [1.29, 1.82) is 0 Å². The fraction of sp³-hybridized carbons (Fsp3) is 0.400. The molecular formula is C15H17ClN2S. The summed E-state index contributed by atoms with van der Waals surface area (Å²) in [5, 5.41) is 2.04. The van der Waals surface area contributed by atoms with Crippen LogP contribution >= 0.6 is 22.9 Å². The molecule has 1 aromatic heterocycles. The van der Waals surface area contributed by atoms with E-state index in [0.29, 0.717) is 12.0 Å². The van der Waals surface area contributed by atoms with E-state index in [-0.39, 0.29) is 0 Å². The van der Waals surface area contributed by atoms with Crippen LogP contribution in [0.5, 0.6) is 0 Å². The Hall–Kier alpha value is -0.900. The first-order valence-electron chi connectivity index (χ1n) is 6.60. The van der Waals surface area contributed by atoms with E-state index >= 15 is 0 Å². The molecule has 4 heteroatoms. The molecule has 1 fully saturated rings. The van der Waals surface area contributed by atoms with Crippen LogP contribution in [0.3, 0.4) is 0 Å². The molecule has 1 saturated heterocycles. The van der Waals surface area contributed by atoms with Gasteiger partial charge < -0.3 is 0 Å². The third-order valence-electron chi connectivity index (χ3n) is 3.65. The molecule has 0 saturated carbocycles. The molecule has 0 N–H and O–H groups in total. The average Bonchev–Trinajstić information content (AvgIpc) is 2.76. The van der Waals surface area contributed by atoms with Crippen LogP contribution in [0.25, 0.3) is 10.4 Å². The van der Waals surface area contributed by atoms with E-state index in [1.54, 1.807) is 11.3 Å². The maximum Gasteiger partial charge on any atom is 0.0987 e. The molecule has 2 nitrogen and oxygen atoms in total. The summed E-state index contributed by atoms with van der Waals surface area (Å²) in [5.74, 6) is 0.601. The highest BCUT2D eigenvalue weighted by molar-refractivity contribution is 7.15. The van der Waals surface area contributed by atoms with Gasteiger partial charge in [-0.1, -0.05) is 29.8 Å². The summed E-state index contributed by atoms with van der Waals surface area (Å²) in [6, 6.07) is 8.60. The minimum absolute atomic E-state index is 0.601. The van der Waals surface area contributed by atoms with Gasteiger partial charge >= 0.3 is 0 Å². The van der Waals surface area contributed by atoms with E-state index < -0.39 is 0 Å². The van der Waals surface area contributed by atoms with Crippen molar-refractivity contribution in [1.82, 2.24) is 9.88 Å². The molecule has 0 amide bonds. The number of benzene rings is 1. The summed E-state index contributed by atoms with van der Waals surface area (Å²) in [5.41, 5.74) is 1.09. The second-order valence-electron chi connectivity index (χ2n) is 5.29. The highest BCUT2D eigenvalue weighted by Gasteiger charge is 2.31. The number of rotatable bonds is 3. The average molecular weight is 293 g/mol. The Labute approximate surface area is 123 Å². The van der Waals surface area contributed by atoms with Crippen LogP contribution in [-0.4, -0.2) is 29.0 Å². The van der Waals surface area contributed by atoms with Crippen molar-refractivity contribution in [2.45, 2.75) is 25.8 Å². The van der Waals surface area contributed by atoms with Gasteiger partial charge in [0.05, 0.1) is 9.88 Å². The van der Waals surface area contributed by atoms with Crippen LogP contribution in [0.2, 0.25) is 5.02 Å². The summed E-state index contributed by atoms with van der Waals surface area (Å²) in [6.45, 7) is 6.75. The fourth-order valence-corrected chi connectivity index (χ4v) is 3.69. The van der Waals surface area contributed by atoms with Gasteiger partial charge in [-0.25, -0.2) is 4.98 Å². The number of halogens is 1. The minimum atomic E-state index is 0.601. The Kier molecular flexibility index (Phi) is 3.61. The Morgan fingerprint density at radius 3 is 2.74 bits per heavy atom. The summed E-state index contributed by atoms with van der Waals surface area (Å²) in [7, 11) is 0. The third kappa shape index (κ3) is 2.55. The molecule has 2 aromatic rings. The number of thiazole rings is 1. The van der Waals surface area contributed by atoms with Crippen LogP contribution in [0.15, 0.2) is 30.5 Å². The van der Waals surface area contributed by atoms with Crippen molar-refractivity contribution < 1.29 is 0 Å². The molecule has 0 bridgehead atoms. The lowest BCUT2D eigenvalue weighted by Gasteiger charge is -2.41. The van der Waals surface area contributed by atoms with Crippen molar-refractivity contribution in [2.24, 2.45) is 0 Å². The van der Waals surface area contributed by atoms with Gasteiger partial charge in [-0.15, -0.1) is 11.3 Å². The van der Waals surface area contributed by atoms with Crippen molar-refractivity contribution in [3.05, 3.63) is 40.5 Å². The molecule has 0 aliphatic carbocycles. The summed E-state index contributed by atoms with van der Waals surface area (Å²) < 4.78 is 0. The predicted molar refractivity (Wildman–Crippen MR) is 82.0 cm³/mol. The van der Waals surface area contributed by atoms with Gasteiger partial charge in [0.2, 0.25) is 0 Å². The maximum absolute atomic E-state index is 6.23. The minimum Gasteiger partial charge on any atom is -0.299 e. The Bertz CT molecular complexity index is 573. The van der Waals surface area contributed by atoms with Crippen LogP contribution in [-0.2, 0) is 0 Å². The second-order valence-corrected chi connectivity index (χ2v) is 6.76. The Balaban J connectivity index is 1.76. The zero-order valence-electron chi connectivity index (χ0n) is 11.1. The molecule has 0 atom stereocenters. The van der Waals surface area contributed by atoms with Crippen LogP contribution in [0.1, 0.15) is 24.8 Å². The first-order chi connectivity index (χ1) is 9.15. The molecule has 19 heavy (non-hydrogen) atoms. The molecule has 0 radical (unpaired) electrons. The predicted octanol–water partition coefficient (Wildman–Crippen LogP) is 4.27. The first-order valence-corrected chi connectivity index (χ1v) is 7.79. The van der Waals surface area contributed by atoms with E-state index in [1.165, 1.54) is 9.88 Å². The van der Waals surface area contributed by atoms with Crippen molar-refractivity contribution in [3.8, 4) is 10.4 Å². The van der Waals surface area contributed by atoms with Gasteiger partial charge in [0, 0.05) is 41.8 Å². The van der Waals surface area contributed by atoms with Gasteiger partial charge in [-0.05, 0) is 19.9 Å². The molecule has 0 spiro atoms. The Morgan fingerprint density at radius 1 is 1.32 bits per heavy atom. The zero-order chi connectivity index (χ0) is 13.4. The van der Waals surface area contributed by atoms with Crippen LogP contribution in [0.4, 0.5) is 0 Å². The topological polar surface area (TPSA) is 16.1 Å². The van der Waals surface area contributed by atoms with Crippen LogP contribution in [0, 0.1) is 0 Å². The molecule has 1 aliphatic heterocycles. The zero-order valence-corrected chi connectivity index (χ0v) is 12.7. The van der Waals surface area contributed by atoms with E-state index in [0.717, 1.165) is 23.7 Å². The highest BCUT2D eigenvalue weighted by Crippen LogP contribution is 2.37. The molecule has 0 unspecified atom stereocenters. The lowest BCUT2D eigenvalue weighted by Crippen LogP contribution is -2.48. The number of nitrogens with zero attached hydrogens (tertiary/aromatic N) is 2. The normalized spacial score (nSPS) is 16.8. The molecule has 100 valence electrons. The fourth-order valence-electron chi connectivity index (χ4n) is 2.35. The second kappa shape index (κ2) is 5.23. The van der Waals surface area contributed by atoms with Gasteiger partial charge in [-0.2, -0.15) is 0 Å². The maximum atomic E-state index is 6.23. The number of hydrogen-bond donors (Lipinski definition) is 0. The monoisotopic (exact) mass is 292 g/mol. The number of aromatic nitrogens is 1. The summed E-state index contributed by atoms with van der Waals surface area (Å²) in [4.78, 5) is 8.23. The van der Waals surface area contributed by atoms with Crippen LogP contribution < -0.4 is 0 Å². The van der Waals surface area contributed by atoms with Crippen molar-refractivity contribution in [2.75, 3.05) is 13.1 Å². The molecule has 1 aliphatic rings. The third-order valence-corrected chi connectivity index (χ3v) is 5.17. The first kappa shape index (κ1) is 13.1. The number of hydrogen-bond acceptors (Lipinski definition) is 3. The van der Waals surface area contributed by atoms with Gasteiger partial charge in [0.25, 0.3) is 0 Å². The van der Waals surface area contributed by atoms with Gasteiger partial charge in [0.1, 0.15) is 0 Å². The van der Waals surface area contributed by atoms with Gasteiger partial charge in [0.15, 0.2) is 0 Å². The molecule has 3 rings (SSSR count). The summed E-state index contributed by atoms with van der Waals surface area (Å²) in [6.07, 6.45) is 1.96. The standard InChI is InChI=1S/C15H17ClN2S/c1-10(2)18-8-11(9-18)15-17-7-14(19-15)12-5-3-4-6-13(12)16/h3-7,10-11H,8-9H2,1-2H3. The summed E-state index contributed by atoms with van der Waals surface area (Å²) >= 11 is 8.01. The lowest BCUT2D eigenvalue weighted by molar-refractivity contribution is 0.110. The number of likely N-dealkylation sites (tertiary alicyclic amines) is 1. The van der Waals surface area contributed by atoms with Gasteiger partial charge in [-0.3, -0.25) is 4.90 Å². The van der Waals surface area contributed by atoms with E-state index in [2.05, 4.69) is 29.8 Å². The molecule has 1 aromatic carbocycles. The SMILES string of the molecule is CC(C)N1CC(c2ncc(-c3ccccc3Cl)s2)C1. The molecular weight excluding hydrogens is 276 g/mol. The smallest absolute Gasteiger partial charge is 0.0987 e. The lowest BCUT2D eigenvalue weighted by atomic mass is 9.99. The quantitative estimate of drug-likeness (QED) is 0.840. The highest BCUT2D eigenvalue weighted by atomic mass is 35.5. The van der Waals surface area contributed by atoms with E-state index in [9.17, 15) is 0 Å². The van der Waals surface area contributed by atoms with Crippen molar-refractivity contribution in [3.63, 3.8) is 0 Å². The van der Waals surface area contributed by atoms with Crippen molar-refractivity contribution >= 4 is 22.9 Å². The van der Waals surface area contributed by atoms with E-state index in [1.807, 2.05) is 24.4 Å². The van der Waals surface area contributed by atoms with E-state index in [4.69, 9.17) is 11.6 Å². The molecule has 2 heterocycles.